The van der Waals surface area contributed by atoms with Gasteiger partial charge in [0.05, 0.1) is 25.9 Å². The second-order valence-electron chi connectivity index (χ2n) is 4.10. The Hall–Kier alpha value is -1.10. The summed E-state index contributed by atoms with van der Waals surface area (Å²) in [4.78, 5) is 0. The third-order valence-electron chi connectivity index (χ3n) is 2.89. The first kappa shape index (κ1) is 12.4. The van der Waals surface area contributed by atoms with Crippen LogP contribution in [0, 0.1) is 0 Å². The van der Waals surface area contributed by atoms with E-state index in [9.17, 15) is 5.11 Å². The number of aliphatic hydroxyl groups excluding tert-OH is 2. The van der Waals surface area contributed by atoms with E-state index >= 15 is 0 Å². The lowest BCUT2D eigenvalue weighted by molar-refractivity contribution is 0.0705. The molecule has 0 radical (unpaired) electrons. The average molecular weight is 238 g/mol. The summed E-state index contributed by atoms with van der Waals surface area (Å²) in [6, 6.07) is 5.79. The number of fused-ring (bicyclic) bond motifs is 1. The third-order valence-corrected chi connectivity index (χ3v) is 2.89. The summed E-state index contributed by atoms with van der Waals surface area (Å²) >= 11 is 0. The number of rotatable bonds is 6. The Labute approximate surface area is 101 Å². The molecule has 1 aliphatic rings. The van der Waals surface area contributed by atoms with Crippen LogP contribution in [-0.2, 0) is 11.2 Å². The van der Waals surface area contributed by atoms with E-state index in [0.717, 1.165) is 24.2 Å². The highest BCUT2D eigenvalue weighted by Gasteiger charge is 2.20. The van der Waals surface area contributed by atoms with E-state index < -0.39 is 0 Å². The molecule has 0 heterocycles. The molecule has 0 saturated heterocycles. The molecule has 1 atom stereocenters. The number of aliphatic hydroxyl groups is 2. The molecule has 0 bridgehead atoms. The van der Waals surface area contributed by atoms with E-state index in [0.29, 0.717) is 19.8 Å². The van der Waals surface area contributed by atoms with Gasteiger partial charge in [-0.2, -0.15) is 0 Å². The van der Waals surface area contributed by atoms with Gasteiger partial charge in [-0.25, -0.2) is 0 Å². The molecule has 0 spiro atoms. The monoisotopic (exact) mass is 238 g/mol. The molecule has 4 heteroatoms. The minimum atomic E-state index is -0.313. The van der Waals surface area contributed by atoms with Crippen LogP contribution in [0.2, 0.25) is 0 Å². The molecular formula is C13H18O4. The van der Waals surface area contributed by atoms with Crippen LogP contribution in [0.1, 0.15) is 23.7 Å². The predicted octanol–water partition coefficient (Wildman–Crippen LogP) is 1.05. The summed E-state index contributed by atoms with van der Waals surface area (Å²) in [6.07, 6.45) is 1.40. The molecule has 1 aromatic carbocycles. The van der Waals surface area contributed by atoms with E-state index in [2.05, 4.69) is 0 Å². The number of hydrogen-bond acceptors (Lipinski definition) is 4. The van der Waals surface area contributed by atoms with Gasteiger partial charge in [0.2, 0.25) is 0 Å². The largest absolute Gasteiger partial charge is 0.491 e. The lowest BCUT2D eigenvalue weighted by atomic mass is 10.1. The first-order valence-electron chi connectivity index (χ1n) is 5.93. The summed E-state index contributed by atoms with van der Waals surface area (Å²) in [6.45, 7) is 1.33. The molecule has 94 valence electrons. The van der Waals surface area contributed by atoms with Gasteiger partial charge in [0.1, 0.15) is 12.4 Å². The summed E-state index contributed by atoms with van der Waals surface area (Å²) in [5, 5.41) is 18.2. The molecule has 0 amide bonds. The van der Waals surface area contributed by atoms with E-state index in [1.165, 1.54) is 5.56 Å². The van der Waals surface area contributed by atoms with Crippen molar-refractivity contribution in [3.05, 3.63) is 29.3 Å². The Balaban J connectivity index is 1.82. The third kappa shape index (κ3) is 3.19. The minimum absolute atomic E-state index is 0.0384. The molecule has 0 saturated carbocycles. The fourth-order valence-electron chi connectivity index (χ4n) is 2.05. The lowest BCUT2D eigenvalue weighted by Crippen LogP contribution is -2.09. The van der Waals surface area contributed by atoms with Crippen LogP contribution in [0.15, 0.2) is 18.2 Å². The first-order chi connectivity index (χ1) is 8.31. The maximum absolute atomic E-state index is 9.66. The van der Waals surface area contributed by atoms with Crippen LogP contribution in [0.3, 0.4) is 0 Å². The molecule has 1 aliphatic carbocycles. The maximum atomic E-state index is 9.66. The second-order valence-corrected chi connectivity index (χ2v) is 4.10. The van der Waals surface area contributed by atoms with Crippen LogP contribution in [0.5, 0.6) is 5.75 Å². The first-order valence-corrected chi connectivity index (χ1v) is 5.93. The zero-order valence-electron chi connectivity index (χ0n) is 9.76. The van der Waals surface area contributed by atoms with Crippen LogP contribution in [0.4, 0.5) is 0 Å². The topological polar surface area (TPSA) is 58.9 Å². The molecular weight excluding hydrogens is 220 g/mol. The van der Waals surface area contributed by atoms with Gasteiger partial charge in [0.15, 0.2) is 0 Å². The van der Waals surface area contributed by atoms with Crippen molar-refractivity contribution >= 4 is 0 Å². The Bertz CT molecular complexity index is 364. The molecule has 4 nitrogen and oxygen atoms in total. The summed E-state index contributed by atoms with van der Waals surface area (Å²) in [5.74, 6) is 0.811. The standard InChI is InChI=1S/C13H18O4/c14-5-6-16-7-8-17-11-2-3-12-10(9-11)1-4-13(12)15/h2-3,9,13-15H,1,4-8H2/t13-/m0/s1. The average Bonchev–Trinajstić information content (AvgIpc) is 2.71. The van der Waals surface area contributed by atoms with Crippen molar-refractivity contribution in [2.24, 2.45) is 0 Å². The molecule has 0 fully saturated rings. The highest BCUT2D eigenvalue weighted by molar-refractivity contribution is 5.39. The van der Waals surface area contributed by atoms with E-state index in [1.807, 2.05) is 18.2 Å². The van der Waals surface area contributed by atoms with Crippen molar-refractivity contribution < 1.29 is 19.7 Å². The highest BCUT2D eigenvalue weighted by atomic mass is 16.5. The van der Waals surface area contributed by atoms with E-state index in [4.69, 9.17) is 14.6 Å². The van der Waals surface area contributed by atoms with Crippen LogP contribution >= 0.6 is 0 Å². The van der Waals surface area contributed by atoms with Gasteiger partial charge >= 0.3 is 0 Å². The molecule has 2 N–H and O–H groups in total. The van der Waals surface area contributed by atoms with Crippen LogP contribution in [0.25, 0.3) is 0 Å². The van der Waals surface area contributed by atoms with Gasteiger partial charge < -0.3 is 19.7 Å². The quantitative estimate of drug-likeness (QED) is 0.727. The molecule has 1 aromatic rings. The van der Waals surface area contributed by atoms with Gasteiger partial charge in [-0.15, -0.1) is 0 Å². The van der Waals surface area contributed by atoms with Gasteiger partial charge in [-0.1, -0.05) is 6.07 Å². The second kappa shape index (κ2) is 6.00. The Morgan fingerprint density at radius 1 is 1.24 bits per heavy atom. The van der Waals surface area contributed by atoms with Crippen molar-refractivity contribution in [1.29, 1.82) is 0 Å². The van der Waals surface area contributed by atoms with Crippen molar-refractivity contribution in [1.82, 2.24) is 0 Å². The van der Waals surface area contributed by atoms with Gasteiger partial charge in [-0.3, -0.25) is 0 Å². The normalized spacial score (nSPS) is 18.1. The Kier molecular flexibility index (Phi) is 4.36. The lowest BCUT2D eigenvalue weighted by Gasteiger charge is -2.09. The van der Waals surface area contributed by atoms with Crippen LogP contribution < -0.4 is 4.74 Å². The molecule has 0 aromatic heterocycles. The highest BCUT2D eigenvalue weighted by Crippen LogP contribution is 2.33. The summed E-state index contributed by atoms with van der Waals surface area (Å²) in [7, 11) is 0. The van der Waals surface area contributed by atoms with E-state index in [1.54, 1.807) is 0 Å². The predicted molar refractivity (Wildman–Crippen MR) is 63.1 cm³/mol. The number of hydrogen-bond donors (Lipinski definition) is 2. The fraction of sp³-hybridized carbons (Fsp3) is 0.538. The van der Waals surface area contributed by atoms with Crippen LogP contribution in [-0.4, -0.2) is 36.6 Å². The Morgan fingerprint density at radius 3 is 2.94 bits per heavy atom. The number of aryl methyl sites for hydroxylation is 1. The zero-order chi connectivity index (χ0) is 12.1. The summed E-state index contributed by atoms with van der Waals surface area (Å²) in [5.41, 5.74) is 2.19. The van der Waals surface area contributed by atoms with Crippen molar-refractivity contribution in [3.8, 4) is 5.75 Å². The molecule has 0 aliphatic heterocycles. The van der Waals surface area contributed by atoms with Crippen molar-refractivity contribution in [3.63, 3.8) is 0 Å². The van der Waals surface area contributed by atoms with Crippen molar-refractivity contribution in [2.45, 2.75) is 18.9 Å². The summed E-state index contributed by atoms with van der Waals surface area (Å²) < 4.78 is 10.6. The number of benzene rings is 1. The maximum Gasteiger partial charge on any atom is 0.119 e. The zero-order valence-corrected chi connectivity index (χ0v) is 9.76. The minimum Gasteiger partial charge on any atom is -0.491 e. The Morgan fingerprint density at radius 2 is 2.12 bits per heavy atom. The molecule has 2 rings (SSSR count). The van der Waals surface area contributed by atoms with Crippen molar-refractivity contribution in [2.75, 3.05) is 26.4 Å². The number of ether oxygens (including phenoxy) is 2. The molecule has 0 unspecified atom stereocenters. The molecule has 17 heavy (non-hydrogen) atoms. The van der Waals surface area contributed by atoms with Gasteiger partial charge in [-0.05, 0) is 36.1 Å². The van der Waals surface area contributed by atoms with Gasteiger partial charge in [0, 0.05) is 0 Å². The smallest absolute Gasteiger partial charge is 0.119 e. The van der Waals surface area contributed by atoms with E-state index in [-0.39, 0.29) is 12.7 Å². The van der Waals surface area contributed by atoms with Gasteiger partial charge in [0.25, 0.3) is 0 Å². The SMILES string of the molecule is OCCOCCOc1ccc2c(c1)CC[C@@H]2O. The fourth-order valence-corrected chi connectivity index (χ4v) is 2.05.